The maximum Gasteiger partial charge on any atom is 0.222 e. The molecule has 0 spiro atoms. The Balaban J connectivity index is 2.29. The first-order valence-electron chi connectivity index (χ1n) is 4.84. The highest BCUT2D eigenvalue weighted by Crippen LogP contribution is 2.10. The fourth-order valence-corrected chi connectivity index (χ4v) is 1.61. The third-order valence-corrected chi connectivity index (χ3v) is 2.29. The van der Waals surface area contributed by atoms with Gasteiger partial charge < -0.3 is 15.3 Å². The van der Waals surface area contributed by atoms with Crippen LogP contribution in [0.25, 0.3) is 0 Å². The molecule has 4 heteroatoms. The zero-order valence-corrected chi connectivity index (χ0v) is 8.12. The summed E-state index contributed by atoms with van der Waals surface area (Å²) in [7, 11) is 1.79. The molecular formula is C9H18N2O2. The van der Waals surface area contributed by atoms with Crippen LogP contribution < -0.4 is 5.32 Å². The number of hydrogen-bond donors (Lipinski definition) is 2. The first-order valence-corrected chi connectivity index (χ1v) is 4.84. The van der Waals surface area contributed by atoms with Gasteiger partial charge in [-0.05, 0) is 19.9 Å². The molecule has 1 rings (SSSR count). The molecule has 0 saturated carbocycles. The van der Waals surface area contributed by atoms with Gasteiger partial charge in [0, 0.05) is 26.1 Å². The first kappa shape index (κ1) is 10.5. The minimum absolute atomic E-state index is 0.182. The maximum atomic E-state index is 11.3. The molecule has 1 fully saturated rings. The number of carbonyl (C=O) groups excluding carboxylic acids is 1. The summed E-state index contributed by atoms with van der Waals surface area (Å²) in [5, 5.41) is 12.3. The lowest BCUT2D eigenvalue weighted by molar-refractivity contribution is -0.134. The zero-order valence-electron chi connectivity index (χ0n) is 8.12. The summed E-state index contributed by atoms with van der Waals surface area (Å²) < 4.78 is 0. The van der Waals surface area contributed by atoms with Gasteiger partial charge in [-0.1, -0.05) is 0 Å². The summed E-state index contributed by atoms with van der Waals surface area (Å²) >= 11 is 0. The van der Waals surface area contributed by atoms with E-state index in [2.05, 4.69) is 5.32 Å². The van der Waals surface area contributed by atoms with E-state index in [-0.39, 0.29) is 5.91 Å². The van der Waals surface area contributed by atoms with Crippen LogP contribution in [0.15, 0.2) is 0 Å². The van der Waals surface area contributed by atoms with Crippen molar-refractivity contribution in [3.8, 4) is 0 Å². The summed E-state index contributed by atoms with van der Waals surface area (Å²) in [5.41, 5.74) is 0. The summed E-state index contributed by atoms with van der Waals surface area (Å²) in [4.78, 5) is 13.1. The van der Waals surface area contributed by atoms with E-state index in [0.717, 1.165) is 19.4 Å². The number of hydrogen-bond acceptors (Lipinski definition) is 3. The Labute approximate surface area is 78.9 Å². The molecule has 1 amide bonds. The number of rotatable bonds is 4. The summed E-state index contributed by atoms with van der Waals surface area (Å²) in [6.45, 7) is 1.82. The lowest BCUT2D eigenvalue weighted by Gasteiger charge is -2.28. The molecule has 2 N–H and O–H groups in total. The molecule has 0 radical (unpaired) electrons. The Bertz CT molecular complexity index is 173. The summed E-state index contributed by atoms with van der Waals surface area (Å²) in [6, 6.07) is 0. The molecular weight excluding hydrogens is 168 g/mol. The van der Waals surface area contributed by atoms with Crippen LogP contribution >= 0.6 is 0 Å². The zero-order chi connectivity index (χ0) is 9.68. The molecule has 13 heavy (non-hydrogen) atoms. The van der Waals surface area contributed by atoms with Crippen molar-refractivity contribution in [2.24, 2.45) is 0 Å². The van der Waals surface area contributed by atoms with Gasteiger partial charge in [0.1, 0.15) is 0 Å². The number of amides is 1. The Morgan fingerprint density at radius 2 is 2.38 bits per heavy atom. The van der Waals surface area contributed by atoms with E-state index in [9.17, 15) is 9.90 Å². The van der Waals surface area contributed by atoms with E-state index in [1.165, 1.54) is 0 Å². The SMILES string of the molecule is CNCC(O)CN1CCCCC1=O. The van der Waals surface area contributed by atoms with E-state index in [1.807, 2.05) is 0 Å². The predicted octanol–water partition coefficient (Wildman–Crippen LogP) is -0.421. The van der Waals surface area contributed by atoms with Crippen LogP contribution in [-0.2, 0) is 4.79 Å². The van der Waals surface area contributed by atoms with Crippen molar-refractivity contribution in [3.63, 3.8) is 0 Å². The van der Waals surface area contributed by atoms with Crippen LogP contribution in [0, 0.1) is 0 Å². The van der Waals surface area contributed by atoms with E-state index >= 15 is 0 Å². The highest BCUT2D eigenvalue weighted by molar-refractivity contribution is 5.76. The van der Waals surface area contributed by atoms with Crippen molar-refractivity contribution in [1.82, 2.24) is 10.2 Å². The predicted molar refractivity (Wildman–Crippen MR) is 50.4 cm³/mol. The number of piperidine rings is 1. The van der Waals surface area contributed by atoms with Gasteiger partial charge in [-0.2, -0.15) is 0 Å². The molecule has 1 aliphatic heterocycles. The number of nitrogens with zero attached hydrogens (tertiary/aromatic N) is 1. The number of aliphatic hydroxyl groups excluding tert-OH is 1. The Morgan fingerprint density at radius 3 is 3.00 bits per heavy atom. The number of β-amino-alcohol motifs (C(OH)–C–C–N with tert-alkyl or cyclic N) is 1. The van der Waals surface area contributed by atoms with Crippen LogP contribution in [0.3, 0.4) is 0 Å². The molecule has 0 aromatic heterocycles. The van der Waals surface area contributed by atoms with Crippen molar-refractivity contribution in [1.29, 1.82) is 0 Å². The normalized spacial score (nSPS) is 20.5. The fourth-order valence-electron chi connectivity index (χ4n) is 1.61. The molecule has 76 valence electrons. The Kier molecular flexibility index (Phi) is 4.18. The molecule has 1 atom stereocenters. The number of aliphatic hydroxyl groups is 1. The van der Waals surface area contributed by atoms with Crippen LogP contribution in [0.4, 0.5) is 0 Å². The lowest BCUT2D eigenvalue weighted by Crippen LogP contribution is -2.43. The van der Waals surface area contributed by atoms with E-state index < -0.39 is 6.10 Å². The van der Waals surface area contributed by atoms with Gasteiger partial charge >= 0.3 is 0 Å². The van der Waals surface area contributed by atoms with E-state index in [4.69, 9.17) is 0 Å². The smallest absolute Gasteiger partial charge is 0.222 e. The van der Waals surface area contributed by atoms with Crippen LogP contribution in [-0.4, -0.2) is 48.7 Å². The minimum Gasteiger partial charge on any atom is -0.390 e. The first-order chi connectivity index (χ1) is 6.24. The second kappa shape index (κ2) is 5.19. The fraction of sp³-hybridized carbons (Fsp3) is 0.889. The molecule has 0 aromatic carbocycles. The van der Waals surface area contributed by atoms with E-state index in [0.29, 0.717) is 19.5 Å². The van der Waals surface area contributed by atoms with Crippen molar-refractivity contribution < 1.29 is 9.90 Å². The topological polar surface area (TPSA) is 52.6 Å². The summed E-state index contributed by atoms with van der Waals surface area (Å²) in [6.07, 6.45) is 2.27. The quantitative estimate of drug-likeness (QED) is 0.627. The van der Waals surface area contributed by atoms with Gasteiger partial charge in [-0.3, -0.25) is 4.79 Å². The standard InChI is InChI=1S/C9H18N2O2/c1-10-6-8(12)7-11-5-3-2-4-9(11)13/h8,10,12H,2-7H2,1H3. The molecule has 4 nitrogen and oxygen atoms in total. The summed E-state index contributed by atoms with van der Waals surface area (Å²) in [5.74, 6) is 0.182. The highest BCUT2D eigenvalue weighted by Gasteiger charge is 2.19. The number of likely N-dealkylation sites (tertiary alicyclic amines) is 1. The monoisotopic (exact) mass is 186 g/mol. The molecule has 0 aliphatic carbocycles. The highest BCUT2D eigenvalue weighted by atomic mass is 16.3. The average molecular weight is 186 g/mol. The maximum absolute atomic E-state index is 11.3. The van der Waals surface area contributed by atoms with Gasteiger partial charge in [0.2, 0.25) is 5.91 Å². The molecule has 1 aliphatic rings. The second-order valence-corrected chi connectivity index (χ2v) is 3.51. The third kappa shape index (κ3) is 3.32. The van der Waals surface area contributed by atoms with Gasteiger partial charge in [-0.25, -0.2) is 0 Å². The largest absolute Gasteiger partial charge is 0.390 e. The number of likely N-dealkylation sites (N-methyl/N-ethyl adjacent to an activating group) is 1. The Morgan fingerprint density at radius 1 is 1.62 bits per heavy atom. The van der Waals surface area contributed by atoms with Gasteiger partial charge in [0.25, 0.3) is 0 Å². The Hall–Kier alpha value is -0.610. The van der Waals surface area contributed by atoms with Crippen LogP contribution in [0.2, 0.25) is 0 Å². The number of carbonyl (C=O) groups is 1. The van der Waals surface area contributed by atoms with Crippen molar-refractivity contribution in [2.75, 3.05) is 26.7 Å². The van der Waals surface area contributed by atoms with Crippen molar-refractivity contribution in [2.45, 2.75) is 25.4 Å². The van der Waals surface area contributed by atoms with Gasteiger partial charge in [-0.15, -0.1) is 0 Å². The van der Waals surface area contributed by atoms with E-state index in [1.54, 1.807) is 11.9 Å². The third-order valence-electron chi connectivity index (χ3n) is 2.29. The van der Waals surface area contributed by atoms with Crippen molar-refractivity contribution in [3.05, 3.63) is 0 Å². The van der Waals surface area contributed by atoms with Gasteiger partial charge in [0.05, 0.1) is 6.10 Å². The minimum atomic E-state index is -0.438. The number of nitrogens with one attached hydrogen (secondary N) is 1. The average Bonchev–Trinajstić information content (AvgIpc) is 2.09. The lowest BCUT2D eigenvalue weighted by atomic mass is 10.1. The van der Waals surface area contributed by atoms with Gasteiger partial charge in [0.15, 0.2) is 0 Å². The van der Waals surface area contributed by atoms with Crippen molar-refractivity contribution >= 4 is 5.91 Å². The molecule has 0 aromatic rings. The molecule has 0 bridgehead atoms. The van der Waals surface area contributed by atoms with Crippen LogP contribution in [0.5, 0.6) is 0 Å². The van der Waals surface area contributed by atoms with Crippen LogP contribution in [0.1, 0.15) is 19.3 Å². The second-order valence-electron chi connectivity index (χ2n) is 3.51. The molecule has 1 heterocycles. The molecule has 1 saturated heterocycles. The molecule has 1 unspecified atom stereocenters.